The molecular weight excluding hydrogens is 304 g/mol. The van der Waals surface area contributed by atoms with E-state index in [1.54, 1.807) is 4.57 Å². The SMILES string of the molecule is C=C(Br)CNC(=O)CCCn1c(C)csc1=O. The lowest BCUT2D eigenvalue weighted by Crippen LogP contribution is -2.25. The Labute approximate surface area is 112 Å². The van der Waals surface area contributed by atoms with E-state index in [2.05, 4.69) is 27.8 Å². The minimum absolute atomic E-state index is 0.0217. The van der Waals surface area contributed by atoms with Crippen molar-refractivity contribution in [2.45, 2.75) is 26.3 Å². The highest BCUT2D eigenvalue weighted by Crippen LogP contribution is 2.02. The van der Waals surface area contributed by atoms with E-state index < -0.39 is 0 Å². The highest BCUT2D eigenvalue weighted by atomic mass is 79.9. The topological polar surface area (TPSA) is 51.1 Å². The van der Waals surface area contributed by atoms with Crippen LogP contribution in [0.15, 0.2) is 21.2 Å². The first-order valence-corrected chi connectivity index (χ1v) is 6.93. The van der Waals surface area contributed by atoms with Crippen molar-refractivity contribution in [3.05, 3.63) is 31.8 Å². The van der Waals surface area contributed by atoms with E-state index in [0.717, 1.165) is 10.2 Å². The number of halogens is 1. The number of carbonyl (C=O) groups is 1. The summed E-state index contributed by atoms with van der Waals surface area (Å²) in [4.78, 5) is 22.8. The van der Waals surface area contributed by atoms with Gasteiger partial charge in [0.15, 0.2) is 0 Å². The smallest absolute Gasteiger partial charge is 0.307 e. The molecule has 0 atom stereocenters. The van der Waals surface area contributed by atoms with Crippen molar-refractivity contribution in [1.29, 1.82) is 0 Å². The molecule has 0 radical (unpaired) electrons. The molecule has 1 N–H and O–H groups in total. The van der Waals surface area contributed by atoms with Crippen LogP contribution >= 0.6 is 27.3 Å². The zero-order chi connectivity index (χ0) is 12.8. The maximum atomic E-state index is 11.4. The predicted octanol–water partition coefficient (Wildman–Crippen LogP) is 2.02. The third-order valence-electron chi connectivity index (χ3n) is 2.24. The number of hydrogen-bond donors (Lipinski definition) is 1. The van der Waals surface area contributed by atoms with Gasteiger partial charge in [0, 0.05) is 35.1 Å². The van der Waals surface area contributed by atoms with Gasteiger partial charge in [-0.15, -0.1) is 0 Å². The number of aromatic nitrogens is 1. The van der Waals surface area contributed by atoms with E-state index in [0.29, 0.717) is 25.9 Å². The van der Waals surface area contributed by atoms with Crippen molar-refractivity contribution >= 4 is 33.2 Å². The summed E-state index contributed by atoms with van der Waals surface area (Å²) in [6.45, 7) is 6.56. The Kier molecular flexibility index (Phi) is 5.64. The first-order valence-electron chi connectivity index (χ1n) is 5.25. The Morgan fingerprint density at radius 3 is 2.88 bits per heavy atom. The lowest BCUT2D eigenvalue weighted by atomic mass is 10.3. The Balaban J connectivity index is 2.31. The van der Waals surface area contributed by atoms with Gasteiger partial charge in [-0.05, 0) is 13.3 Å². The van der Waals surface area contributed by atoms with Crippen LogP contribution in [-0.2, 0) is 11.3 Å². The number of rotatable bonds is 6. The maximum absolute atomic E-state index is 11.4. The Bertz CT molecular complexity index is 464. The summed E-state index contributed by atoms with van der Waals surface area (Å²) < 4.78 is 2.44. The number of aryl methyl sites for hydroxylation is 1. The molecule has 1 aromatic heterocycles. The van der Waals surface area contributed by atoms with E-state index >= 15 is 0 Å². The number of nitrogens with one attached hydrogen (secondary N) is 1. The summed E-state index contributed by atoms with van der Waals surface area (Å²) in [5.41, 5.74) is 0.953. The van der Waals surface area contributed by atoms with Crippen LogP contribution in [0, 0.1) is 6.92 Å². The first-order chi connectivity index (χ1) is 8.00. The normalized spacial score (nSPS) is 10.2. The lowest BCUT2D eigenvalue weighted by molar-refractivity contribution is -0.121. The van der Waals surface area contributed by atoms with Crippen molar-refractivity contribution in [3.8, 4) is 0 Å². The van der Waals surface area contributed by atoms with Gasteiger partial charge >= 0.3 is 4.87 Å². The molecule has 0 bridgehead atoms. The molecule has 94 valence electrons. The summed E-state index contributed by atoms with van der Waals surface area (Å²) in [5, 5.41) is 4.55. The van der Waals surface area contributed by atoms with Crippen molar-refractivity contribution in [1.82, 2.24) is 9.88 Å². The van der Waals surface area contributed by atoms with Gasteiger partial charge in [-0.1, -0.05) is 33.8 Å². The van der Waals surface area contributed by atoms with E-state index in [4.69, 9.17) is 0 Å². The van der Waals surface area contributed by atoms with Crippen LogP contribution in [-0.4, -0.2) is 17.0 Å². The lowest BCUT2D eigenvalue weighted by Gasteiger charge is -2.05. The van der Waals surface area contributed by atoms with Crippen LogP contribution in [0.4, 0.5) is 0 Å². The molecule has 1 aromatic rings. The third-order valence-corrected chi connectivity index (χ3v) is 3.40. The zero-order valence-corrected chi connectivity index (χ0v) is 12.1. The van der Waals surface area contributed by atoms with E-state index in [1.165, 1.54) is 11.3 Å². The number of carbonyl (C=O) groups excluding carboxylic acids is 1. The van der Waals surface area contributed by atoms with Crippen LogP contribution in [0.5, 0.6) is 0 Å². The molecule has 0 unspecified atom stereocenters. The predicted molar refractivity (Wildman–Crippen MR) is 73.6 cm³/mol. The Morgan fingerprint density at radius 2 is 2.35 bits per heavy atom. The number of thiazole rings is 1. The molecule has 0 fully saturated rings. The quantitative estimate of drug-likeness (QED) is 0.872. The molecule has 1 rings (SSSR count). The Morgan fingerprint density at radius 1 is 1.65 bits per heavy atom. The summed E-state index contributed by atoms with van der Waals surface area (Å²) in [6, 6.07) is 0. The van der Waals surface area contributed by atoms with Crippen LogP contribution in [0.25, 0.3) is 0 Å². The molecule has 0 aromatic carbocycles. The van der Waals surface area contributed by atoms with Gasteiger partial charge in [0.2, 0.25) is 5.91 Å². The van der Waals surface area contributed by atoms with E-state index in [-0.39, 0.29) is 10.8 Å². The van der Waals surface area contributed by atoms with Crippen molar-refractivity contribution in [2.75, 3.05) is 6.54 Å². The zero-order valence-electron chi connectivity index (χ0n) is 9.66. The molecule has 0 saturated heterocycles. The molecule has 0 aliphatic rings. The highest BCUT2D eigenvalue weighted by molar-refractivity contribution is 9.11. The molecule has 1 amide bonds. The summed E-state index contributed by atoms with van der Waals surface area (Å²) in [5.74, 6) is -0.0217. The largest absolute Gasteiger partial charge is 0.352 e. The van der Waals surface area contributed by atoms with Crippen molar-refractivity contribution < 1.29 is 4.79 Å². The van der Waals surface area contributed by atoms with Crippen LogP contribution < -0.4 is 10.2 Å². The van der Waals surface area contributed by atoms with Gasteiger partial charge in [0.05, 0.1) is 0 Å². The second kappa shape index (κ2) is 6.76. The number of nitrogens with zero attached hydrogens (tertiary/aromatic N) is 1. The maximum Gasteiger partial charge on any atom is 0.307 e. The molecule has 6 heteroatoms. The van der Waals surface area contributed by atoms with Gasteiger partial charge in [0.1, 0.15) is 0 Å². The van der Waals surface area contributed by atoms with Crippen LogP contribution in [0.1, 0.15) is 18.5 Å². The minimum Gasteiger partial charge on any atom is -0.352 e. The standard InChI is InChI=1S/C11H15BrN2O2S/c1-8(12)6-13-10(15)4-3-5-14-9(2)7-17-11(14)16/h7H,1,3-6H2,2H3,(H,13,15). The summed E-state index contributed by atoms with van der Waals surface area (Å²) in [6.07, 6.45) is 1.08. The van der Waals surface area contributed by atoms with E-state index in [9.17, 15) is 9.59 Å². The second-order valence-corrected chi connectivity index (χ2v) is 5.63. The van der Waals surface area contributed by atoms with Crippen molar-refractivity contribution in [2.24, 2.45) is 0 Å². The average Bonchev–Trinajstić information content (AvgIpc) is 2.57. The summed E-state index contributed by atoms with van der Waals surface area (Å²) >= 11 is 4.36. The summed E-state index contributed by atoms with van der Waals surface area (Å²) in [7, 11) is 0. The van der Waals surface area contributed by atoms with Crippen LogP contribution in [0.2, 0.25) is 0 Å². The molecule has 17 heavy (non-hydrogen) atoms. The van der Waals surface area contributed by atoms with Gasteiger partial charge in [-0.25, -0.2) is 0 Å². The third kappa shape index (κ3) is 4.87. The van der Waals surface area contributed by atoms with Gasteiger partial charge in [-0.2, -0.15) is 0 Å². The monoisotopic (exact) mass is 318 g/mol. The van der Waals surface area contributed by atoms with Gasteiger partial charge in [-0.3, -0.25) is 9.59 Å². The molecule has 0 aliphatic heterocycles. The Hall–Kier alpha value is -0.880. The van der Waals surface area contributed by atoms with Gasteiger partial charge < -0.3 is 9.88 Å². The van der Waals surface area contributed by atoms with E-state index in [1.807, 2.05) is 12.3 Å². The fraction of sp³-hybridized carbons (Fsp3) is 0.455. The minimum atomic E-state index is -0.0217. The molecule has 4 nitrogen and oxygen atoms in total. The average molecular weight is 319 g/mol. The molecular formula is C11H15BrN2O2S. The van der Waals surface area contributed by atoms with Crippen molar-refractivity contribution in [3.63, 3.8) is 0 Å². The van der Waals surface area contributed by atoms with Crippen LogP contribution in [0.3, 0.4) is 0 Å². The number of amides is 1. The molecule has 0 spiro atoms. The molecule has 0 aliphatic carbocycles. The number of hydrogen-bond acceptors (Lipinski definition) is 3. The fourth-order valence-electron chi connectivity index (χ4n) is 1.36. The molecule has 1 heterocycles. The van der Waals surface area contributed by atoms with Gasteiger partial charge in [0.25, 0.3) is 0 Å². The second-order valence-electron chi connectivity index (χ2n) is 3.69. The molecule has 0 saturated carbocycles. The highest BCUT2D eigenvalue weighted by Gasteiger charge is 2.04. The first kappa shape index (κ1) is 14.2. The fourth-order valence-corrected chi connectivity index (χ4v) is 2.26.